The van der Waals surface area contributed by atoms with Crippen LogP contribution in [0.1, 0.15) is 0 Å². The van der Waals surface area contributed by atoms with Gasteiger partial charge in [0, 0.05) is 27.8 Å². The molecule has 0 spiro atoms. The third-order valence-electron chi connectivity index (χ3n) is 8.74. The number of benzene rings is 6. The highest BCUT2D eigenvalue weighted by atomic mass is 19.2. The molecule has 326 valence electrons. The summed E-state index contributed by atoms with van der Waals surface area (Å²) >= 11 is 0. The van der Waals surface area contributed by atoms with Crippen molar-refractivity contribution < 1.29 is 114 Å². The highest BCUT2D eigenvalue weighted by Crippen LogP contribution is 2.57. The molecule has 0 aromatic heterocycles. The lowest BCUT2D eigenvalue weighted by atomic mass is 9.77. The van der Waals surface area contributed by atoms with Gasteiger partial charge in [-0.1, -0.05) is 0 Å². The maximum absolute atomic E-state index is 17.4. The lowest BCUT2D eigenvalue weighted by Gasteiger charge is -2.27. The summed E-state index contributed by atoms with van der Waals surface area (Å²) in [6, 6.07) is 0. The van der Waals surface area contributed by atoms with Crippen LogP contribution >= 0.6 is 0 Å². The summed E-state index contributed by atoms with van der Waals surface area (Å²) in [5.41, 5.74) is -34.2. The fourth-order valence-electron chi connectivity index (χ4n) is 6.06. The fourth-order valence-corrected chi connectivity index (χ4v) is 6.06. The molecule has 0 amide bonds. The first-order valence-electron chi connectivity index (χ1n) is 15.2. The van der Waals surface area contributed by atoms with E-state index in [1.807, 2.05) is 0 Å². The monoisotopic (exact) mass is 926 g/mol. The van der Waals surface area contributed by atoms with Crippen LogP contribution in [0, 0.1) is 151 Å². The van der Waals surface area contributed by atoms with E-state index in [0.29, 0.717) is 0 Å². The van der Waals surface area contributed by atoms with E-state index >= 15 is 48.3 Å². The molecule has 0 radical (unpaired) electrons. The minimum Gasteiger partial charge on any atom is -0.206 e. The van der Waals surface area contributed by atoms with Gasteiger partial charge in [0.15, 0.2) is 116 Å². The summed E-state index contributed by atoms with van der Waals surface area (Å²) in [7, 11) is 0. The lowest BCUT2D eigenvalue weighted by Crippen LogP contribution is -2.15. The standard InChI is InChI=1S/C36F26/c37-11-4(9-18(44)28(54)35(61)29(55)19(9)45)2(7-14(40)24(50)33(59)25(51)15(7)41)1(6-12(38)22(48)32(58)23(49)13(6)39)3(8-16(42)26(52)34(60)27(53)17(8)43)5(11)10-20(46)30(56)36(62)31(57)21(10)47. The zero-order valence-electron chi connectivity index (χ0n) is 27.8. The van der Waals surface area contributed by atoms with Crippen LogP contribution in [0.3, 0.4) is 0 Å². The predicted octanol–water partition coefficient (Wildman–Crippen LogP) is 13.6. The predicted molar refractivity (Wildman–Crippen MR) is 153 cm³/mol. The SMILES string of the molecule is Fc1c(F)c(F)c(-c2c(F)c(-c3c(F)c(F)c(F)c(F)c3F)c(-c3c(F)c(F)c(F)c(F)c3F)c(-c3c(F)c(F)c(F)c(F)c3F)c2-c2c(F)c(F)c(F)c(F)c2F)c(F)c1F. The Labute approximate surface area is 321 Å². The Kier molecular flexibility index (Phi) is 11.0. The topological polar surface area (TPSA) is 0 Å². The molecule has 0 heterocycles. The van der Waals surface area contributed by atoms with Crippen molar-refractivity contribution in [1.29, 1.82) is 0 Å². The third kappa shape index (κ3) is 5.94. The van der Waals surface area contributed by atoms with Crippen molar-refractivity contribution in [2.24, 2.45) is 0 Å². The highest BCUT2D eigenvalue weighted by molar-refractivity contribution is 6.08. The Hall–Kier alpha value is -6.50. The second-order valence-electron chi connectivity index (χ2n) is 11.9. The maximum Gasteiger partial charge on any atom is 0.200 e. The van der Waals surface area contributed by atoms with Crippen LogP contribution in [0.5, 0.6) is 0 Å². The Balaban J connectivity index is 2.27. The van der Waals surface area contributed by atoms with Crippen LogP contribution in [-0.2, 0) is 0 Å². The second kappa shape index (κ2) is 15.1. The molecule has 0 saturated carbocycles. The molecule has 6 aromatic rings. The quantitative estimate of drug-likeness (QED) is 0.0918. The van der Waals surface area contributed by atoms with Crippen molar-refractivity contribution in [2.75, 3.05) is 0 Å². The molecular weight excluding hydrogens is 926 g/mol. The van der Waals surface area contributed by atoms with Gasteiger partial charge in [0.25, 0.3) is 0 Å². The first-order valence-corrected chi connectivity index (χ1v) is 15.2. The minimum absolute atomic E-state index is 3.36. The molecule has 0 unspecified atom stereocenters. The van der Waals surface area contributed by atoms with Crippen molar-refractivity contribution >= 4 is 0 Å². The molecule has 0 aliphatic heterocycles. The van der Waals surface area contributed by atoms with E-state index in [9.17, 15) is 65.9 Å². The first-order chi connectivity index (χ1) is 28.7. The molecular formula is C36F26. The van der Waals surface area contributed by atoms with Crippen LogP contribution in [0.4, 0.5) is 114 Å². The van der Waals surface area contributed by atoms with Crippen molar-refractivity contribution in [3.63, 3.8) is 0 Å². The van der Waals surface area contributed by atoms with Gasteiger partial charge in [-0.2, -0.15) is 0 Å². The molecule has 0 bridgehead atoms. The van der Waals surface area contributed by atoms with Crippen molar-refractivity contribution in [3.8, 4) is 55.6 Å². The van der Waals surface area contributed by atoms with E-state index in [2.05, 4.69) is 0 Å². The van der Waals surface area contributed by atoms with E-state index in [1.54, 1.807) is 0 Å². The average molecular weight is 926 g/mol. The molecule has 0 N–H and O–H groups in total. The zero-order chi connectivity index (χ0) is 46.8. The van der Waals surface area contributed by atoms with Gasteiger partial charge in [-0.05, 0) is 0 Å². The van der Waals surface area contributed by atoms with Gasteiger partial charge in [-0.15, -0.1) is 0 Å². The smallest absolute Gasteiger partial charge is 0.200 e. The third-order valence-corrected chi connectivity index (χ3v) is 8.74. The number of hydrogen-bond donors (Lipinski definition) is 0. The highest BCUT2D eigenvalue weighted by Gasteiger charge is 2.44. The Bertz CT molecular complexity index is 2710. The van der Waals surface area contributed by atoms with Crippen LogP contribution in [0.15, 0.2) is 0 Å². The van der Waals surface area contributed by atoms with Gasteiger partial charge < -0.3 is 0 Å². The second-order valence-corrected chi connectivity index (χ2v) is 11.9. The average Bonchev–Trinajstić information content (AvgIpc) is 3.24. The summed E-state index contributed by atoms with van der Waals surface area (Å²) in [6.07, 6.45) is 0. The zero-order valence-corrected chi connectivity index (χ0v) is 27.8. The maximum atomic E-state index is 17.4. The molecule has 0 saturated heterocycles. The van der Waals surface area contributed by atoms with Gasteiger partial charge >= 0.3 is 0 Å². The molecule has 6 rings (SSSR count). The summed E-state index contributed by atoms with van der Waals surface area (Å²) < 4.78 is 395. The molecule has 0 atom stereocenters. The van der Waals surface area contributed by atoms with Crippen LogP contribution in [0.25, 0.3) is 55.6 Å². The van der Waals surface area contributed by atoms with E-state index in [4.69, 9.17) is 0 Å². The summed E-state index contributed by atoms with van der Waals surface area (Å²) in [5, 5.41) is 0. The number of hydrogen-bond acceptors (Lipinski definition) is 0. The van der Waals surface area contributed by atoms with Gasteiger partial charge in [-0.3, -0.25) is 0 Å². The normalized spacial score (nSPS) is 11.7. The van der Waals surface area contributed by atoms with E-state index in [0.717, 1.165) is 0 Å². The minimum atomic E-state index is -3.85. The first kappa shape index (κ1) is 45.0. The number of rotatable bonds is 5. The lowest BCUT2D eigenvalue weighted by molar-refractivity contribution is 0.378. The van der Waals surface area contributed by atoms with Crippen LogP contribution in [-0.4, -0.2) is 0 Å². The van der Waals surface area contributed by atoms with Crippen molar-refractivity contribution in [3.05, 3.63) is 151 Å². The van der Waals surface area contributed by atoms with Crippen molar-refractivity contribution in [2.45, 2.75) is 0 Å². The van der Waals surface area contributed by atoms with Crippen LogP contribution < -0.4 is 0 Å². The molecule has 62 heavy (non-hydrogen) atoms. The molecule has 0 aliphatic rings. The van der Waals surface area contributed by atoms with Gasteiger partial charge in [0.05, 0.1) is 27.8 Å². The Morgan fingerprint density at radius 1 is 0.0806 bits per heavy atom. The summed E-state index contributed by atoms with van der Waals surface area (Å²) in [4.78, 5) is 0. The van der Waals surface area contributed by atoms with Crippen LogP contribution in [0.2, 0.25) is 0 Å². The van der Waals surface area contributed by atoms with E-state index < -0.39 is 207 Å². The molecule has 26 heteroatoms. The van der Waals surface area contributed by atoms with Gasteiger partial charge in [0.1, 0.15) is 5.82 Å². The van der Waals surface area contributed by atoms with E-state index in [-0.39, 0.29) is 0 Å². The van der Waals surface area contributed by atoms with Gasteiger partial charge in [0.2, 0.25) is 29.1 Å². The molecule has 6 aromatic carbocycles. The van der Waals surface area contributed by atoms with Gasteiger partial charge in [-0.25, -0.2) is 114 Å². The molecule has 0 fully saturated rings. The summed E-state index contributed by atoms with van der Waals surface area (Å²) in [6.45, 7) is 0. The molecule has 0 nitrogen and oxygen atoms in total. The Morgan fingerprint density at radius 2 is 0.177 bits per heavy atom. The largest absolute Gasteiger partial charge is 0.206 e. The fraction of sp³-hybridized carbons (Fsp3) is 0. The van der Waals surface area contributed by atoms with Crippen molar-refractivity contribution in [1.82, 2.24) is 0 Å². The number of halogens is 26. The summed E-state index contributed by atoms with van der Waals surface area (Å²) in [5.74, 6) is -92.7. The van der Waals surface area contributed by atoms with E-state index in [1.165, 1.54) is 0 Å². The Morgan fingerprint density at radius 3 is 0.323 bits per heavy atom. The molecule has 0 aliphatic carbocycles.